The van der Waals surface area contributed by atoms with Gasteiger partial charge in [-0.05, 0) is 9.91 Å². The van der Waals surface area contributed by atoms with Gasteiger partial charge in [0.1, 0.15) is 0 Å². The standard InChI is InChI=1S/C4H3N7O8/c1-7-3(8(12)13)5-2(6-7)4(9(14)15,10(16)17)11(18)19/h1H3. The highest BCUT2D eigenvalue weighted by molar-refractivity contribution is 5.07. The molecule has 0 bridgehead atoms. The summed E-state index contributed by atoms with van der Waals surface area (Å²) >= 11 is 0. The summed E-state index contributed by atoms with van der Waals surface area (Å²) in [5, 5.41) is 45.4. The third-order valence-electron chi connectivity index (χ3n) is 1.97. The Kier molecular flexibility index (Phi) is 3.05. The fourth-order valence-electron chi connectivity index (χ4n) is 1.12. The number of aryl methyl sites for hydroxylation is 1. The van der Waals surface area contributed by atoms with Crippen LogP contribution in [-0.2, 0) is 12.8 Å². The van der Waals surface area contributed by atoms with Crippen LogP contribution in [0.4, 0.5) is 5.95 Å². The summed E-state index contributed by atoms with van der Waals surface area (Å²) in [5.41, 5.74) is 0. The van der Waals surface area contributed by atoms with Gasteiger partial charge in [-0.25, -0.2) is 0 Å². The number of nitrogens with zero attached hydrogens (tertiary/aromatic N) is 7. The molecule has 0 aliphatic carbocycles. The molecule has 1 aromatic rings. The summed E-state index contributed by atoms with van der Waals surface area (Å²) in [6, 6.07) is 0. The Morgan fingerprint density at radius 3 is 1.68 bits per heavy atom. The van der Waals surface area contributed by atoms with Gasteiger partial charge in [-0.15, -0.1) is 4.68 Å². The van der Waals surface area contributed by atoms with Crippen molar-refractivity contribution in [3.63, 3.8) is 0 Å². The van der Waals surface area contributed by atoms with Gasteiger partial charge in [0, 0.05) is 0 Å². The zero-order valence-electron chi connectivity index (χ0n) is 8.90. The number of rotatable bonds is 5. The van der Waals surface area contributed by atoms with Crippen LogP contribution in [0.2, 0.25) is 0 Å². The Balaban J connectivity index is 3.64. The predicted molar refractivity (Wildman–Crippen MR) is 50.3 cm³/mol. The van der Waals surface area contributed by atoms with E-state index in [0.717, 1.165) is 7.05 Å². The summed E-state index contributed by atoms with van der Waals surface area (Å²) < 4.78 is 0.348. The molecule has 0 radical (unpaired) electrons. The number of nitro groups is 4. The Labute approximate surface area is 101 Å². The highest BCUT2D eigenvalue weighted by Crippen LogP contribution is 2.25. The lowest BCUT2D eigenvalue weighted by atomic mass is 10.3. The van der Waals surface area contributed by atoms with Crippen LogP contribution in [0, 0.1) is 40.5 Å². The van der Waals surface area contributed by atoms with E-state index in [1.807, 2.05) is 0 Å². The first-order chi connectivity index (χ1) is 8.65. The van der Waals surface area contributed by atoms with E-state index in [0.29, 0.717) is 4.68 Å². The maximum atomic E-state index is 10.7. The second-order valence-corrected chi connectivity index (χ2v) is 3.02. The molecule has 0 aromatic carbocycles. The average Bonchev–Trinajstić information content (AvgIpc) is 2.59. The van der Waals surface area contributed by atoms with Crippen molar-refractivity contribution in [2.24, 2.45) is 7.05 Å². The minimum absolute atomic E-state index is 0.348. The molecule has 0 aliphatic rings. The molecular weight excluding hydrogens is 274 g/mol. The largest absolute Gasteiger partial charge is 0.782 e. The van der Waals surface area contributed by atoms with Crippen LogP contribution in [0.25, 0.3) is 0 Å². The van der Waals surface area contributed by atoms with Gasteiger partial charge in [0.2, 0.25) is 0 Å². The molecule has 19 heavy (non-hydrogen) atoms. The van der Waals surface area contributed by atoms with E-state index in [2.05, 4.69) is 10.1 Å². The van der Waals surface area contributed by atoms with Crippen LogP contribution < -0.4 is 0 Å². The van der Waals surface area contributed by atoms with Crippen molar-refractivity contribution < 1.29 is 19.7 Å². The van der Waals surface area contributed by atoms with E-state index in [4.69, 9.17) is 0 Å². The minimum Gasteiger partial charge on any atom is -0.390 e. The van der Waals surface area contributed by atoms with Crippen LogP contribution in [0.15, 0.2) is 0 Å². The van der Waals surface area contributed by atoms with E-state index in [1.165, 1.54) is 0 Å². The zero-order chi connectivity index (χ0) is 15.0. The topological polar surface area (TPSA) is 203 Å². The molecule has 15 heteroatoms. The van der Waals surface area contributed by atoms with Gasteiger partial charge < -0.3 is 10.1 Å². The lowest BCUT2D eigenvalue weighted by Crippen LogP contribution is -2.51. The summed E-state index contributed by atoms with van der Waals surface area (Å²) in [5.74, 6) is -6.71. The molecule has 1 aromatic heterocycles. The maximum Gasteiger partial charge on any atom is 0.782 e. The van der Waals surface area contributed by atoms with Crippen LogP contribution in [0.3, 0.4) is 0 Å². The molecule has 1 rings (SSSR count). The molecule has 0 fully saturated rings. The van der Waals surface area contributed by atoms with Crippen molar-refractivity contribution in [3.8, 4) is 0 Å². The fourth-order valence-corrected chi connectivity index (χ4v) is 1.12. The van der Waals surface area contributed by atoms with Crippen molar-refractivity contribution in [1.29, 1.82) is 0 Å². The maximum absolute atomic E-state index is 10.7. The van der Waals surface area contributed by atoms with Gasteiger partial charge in [-0.1, -0.05) is 5.10 Å². The Morgan fingerprint density at radius 1 is 1.00 bits per heavy atom. The summed E-state index contributed by atoms with van der Waals surface area (Å²) in [6.45, 7) is 0. The van der Waals surface area contributed by atoms with Crippen LogP contribution in [0.1, 0.15) is 5.82 Å². The third kappa shape index (κ3) is 1.77. The molecule has 0 spiro atoms. The van der Waals surface area contributed by atoms with Gasteiger partial charge >= 0.3 is 17.6 Å². The van der Waals surface area contributed by atoms with E-state index in [-0.39, 0.29) is 0 Å². The molecule has 0 N–H and O–H groups in total. The average molecular weight is 277 g/mol. The first-order valence-electron chi connectivity index (χ1n) is 4.15. The molecule has 0 amide bonds. The van der Waals surface area contributed by atoms with E-state index >= 15 is 0 Å². The van der Waals surface area contributed by atoms with Crippen LogP contribution in [-0.4, -0.2) is 34.5 Å². The highest BCUT2D eigenvalue weighted by Gasteiger charge is 2.79. The van der Waals surface area contributed by atoms with E-state index in [1.54, 1.807) is 0 Å². The third-order valence-corrected chi connectivity index (χ3v) is 1.97. The first kappa shape index (κ1) is 13.8. The molecule has 1 heterocycles. The van der Waals surface area contributed by atoms with E-state index < -0.39 is 37.3 Å². The normalized spacial score (nSPS) is 11.0. The lowest BCUT2D eigenvalue weighted by Gasteiger charge is -2.02. The molecule has 0 aliphatic heterocycles. The SMILES string of the molecule is Cn1nc(C([N+](=O)[O-])([N+](=O)[O-])[N+](=O)[O-])nc1[N+](=O)[O-]. The Bertz CT molecular complexity index is 554. The summed E-state index contributed by atoms with van der Waals surface area (Å²) in [6.07, 6.45) is 0. The highest BCUT2D eigenvalue weighted by atomic mass is 16.7. The molecule has 15 nitrogen and oxygen atoms in total. The van der Waals surface area contributed by atoms with E-state index in [9.17, 15) is 40.5 Å². The summed E-state index contributed by atoms with van der Waals surface area (Å²) in [4.78, 5) is 38.6. The molecule has 0 saturated heterocycles. The van der Waals surface area contributed by atoms with Gasteiger partial charge in [0.15, 0.2) is 14.8 Å². The van der Waals surface area contributed by atoms with Crippen molar-refractivity contribution in [1.82, 2.24) is 14.8 Å². The fraction of sp³-hybridized carbons (Fsp3) is 0.500. The second-order valence-electron chi connectivity index (χ2n) is 3.02. The predicted octanol–water partition coefficient (Wildman–Crippen LogP) is -1.34. The molecular formula is C4H3N7O8. The molecule has 102 valence electrons. The zero-order valence-corrected chi connectivity index (χ0v) is 8.90. The van der Waals surface area contributed by atoms with Crippen LogP contribution in [0.5, 0.6) is 0 Å². The van der Waals surface area contributed by atoms with Crippen molar-refractivity contribution in [2.45, 2.75) is 5.79 Å². The first-order valence-corrected chi connectivity index (χ1v) is 4.15. The van der Waals surface area contributed by atoms with Gasteiger partial charge in [0.05, 0.1) is 7.05 Å². The minimum atomic E-state index is -4.09. The lowest BCUT2D eigenvalue weighted by molar-refractivity contribution is -0.987. The van der Waals surface area contributed by atoms with Gasteiger partial charge in [-0.3, -0.25) is 30.3 Å². The van der Waals surface area contributed by atoms with Crippen molar-refractivity contribution >= 4 is 5.95 Å². The van der Waals surface area contributed by atoms with Crippen molar-refractivity contribution in [2.75, 3.05) is 0 Å². The quantitative estimate of drug-likeness (QED) is 0.351. The molecule has 0 unspecified atom stereocenters. The van der Waals surface area contributed by atoms with Crippen molar-refractivity contribution in [3.05, 3.63) is 46.3 Å². The molecule has 0 atom stereocenters. The molecule has 0 saturated carbocycles. The Hall–Kier alpha value is -3.26. The van der Waals surface area contributed by atoms with Gasteiger partial charge in [0.25, 0.3) is 0 Å². The van der Waals surface area contributed by atoms with Gasteiger partial charge in [-0.2, -0.15) is 0 Å². The number of aromatic nitrogens is 3. The second kappa shape index (κ2) is 4.20. The monoisotopic (exact) mass is 277 g/mol. The number of hydrogen-bond acceptors (Lipinski definition) is 10. The van der Waals surface area contributed by atoms with Crippen LogP contribution >= 0.6 is 0 Å². The smallest absolute Gasteiger partial charge is 0.390 e. The summed E-state index contributed by atoms with van der Waals surface area (Å²) in [7, 11) is 0.902. The Morgan fingerprint density at radius 2 is 1.42 bits per heavy atom. The number of hydrogen-bond donors (Lipinski definition) is 0.